The summed E-state index contributed by atoms with van der Waals surface area (Å²) >= 11 is 0. The Bertz CT molecular complexity index is 33.2. The highest BCUT2D eigenvalue weighted by molar-refractivity contribution is 6.40. The van der Waals surface area contributed by atoms with Crippen LogP contribution in [0.5, 0.6) is 0 Å². The number of rotatable bonds is 2. The van der Waals surface area contributed by atoms with Gasteiger partial charge in [-0.25, -0.2) is 0 Å². The van der Waals surface area contributed by atoms with Gasteiger partial charge in [-0.1, -0.05) is 19.5 Å². The Morgan fingerprint density at radius 3 is 2.50 bits per heavy atom. The lowest BCUT2D eigenvalue weighted by Crippen LogP contribution is -1.66. The van der Waals surface area contributed by atoms with Crippen LogP contribution in [-0.2, 0) is 0 Å². The molecule has 0 amide bonds. The molecule has 0 rings (SSSR count). The van der Waals surface area contributed by atoms with Gasteiger partial charge in [-0.3, -0.25) is 0 Å². The molecular formula is C5H10Si. The third-order valence-corrected chi connectivity index (χ3v) is 1.09. The molecule has 0 saturated heterocycles. The fourth-order valence-corrected chi connectivity index (χ4v) is 0.707. The van der Waals surface area contributed by atoms with Gasteiger partial charge in [-0.05, 0) is 6.42 Å². The van der Waals surface area contributed by atoms with Gasteiger partial charge < -0.3 is 0 Å². The Balaban J connectivity index is 2.73. The predicted molar refractivity (Wildman–Crippen MR) is 31.0 cm³/mol. The molecule has 0 N–H and O–H groups in total. The first-order valence-corrected chi connectivity index (χ1v) is 3.81. The molecule has 0 unspecified atom stereocenters. The van der Waals surface area contributed by atoms with Crippen LogP contribution in [0.2, 0.25) is 6.55 Å². The normalized spacial score (nSPS) is 10.3. The molecule has 0 heterocycles. The van der Waals surface area contributed by atoms with E-state index in [0.717, 1.165) is 9.52 Å². The van der Waals surface area contributed by atoms with Crippen molar-refractivity contribution in [3.05, 3.63) is 11.8 Å². The van der Waals surface area contributed by atoms with Crippen LogP contribution in [0.15, 0.2) is 11.8 Å². The fourth-order valence-electron chi connectivity index (χ4n) is 0.236. The van der Waals surface area contributed by atoms with Gasteiger partial charge in [0.1, 0.15) is 0 Å². The van der Waals surface area contributed by atoms with Crippen LogP contribution in [0.25, 0.3) is 0 Å². The molecule has 0 atom stereocenters. The van der Waals surface area contributed by atoms with Crippen molar-refractivity contribution in [2.45, 2.75) is 19.9 Å². The number of hydrogen-bond acceptors (Lipinski definition) is 0. The lowest BCUT2D eigenvalue weighted by atomic mass is 10.5. The van der Waals surface area contributed by atoms with E-state index >= 15 is 0 Å². The first-order valence-electron chi connectivity index (χ1n) is 2.24. The molecular weight excluding hydrogens is 88.1 g/mol. The van der Waals surface area contributed by atoms with E-state index in [-0.39, 0.29) is 0 Å². The summed E-state index contributed by atoms with van der Waals surface area (Å²) in [5, 5.41) is 0. The number of hydrogen-bond donors (Lipinski definition) is 0. The summed E-state index contributed by atoms with van der Waals surface area (Å²) in [5.41, 5.74) is 2.21. The summed E-state index contributed by atoms with van der Waals surface area (Å²) < 4.78 is 0. The Kier molecular flexibility index (Phi) is 4.92. The molecule has 0 aliphatic carbocycles. The summed E-state index contributed by atoms with van der Waals surface area (Å²) in [6.45, 7) is 4.32. The largest absolute Gasteiger partial charge is 0.103 e. The Labute approximate surface area is 42.1 Å². The van der Waals surface area contributed by atoms with Crippen molar-refractivity contribution in [1.82, 2.24) is 0 Å². The van der Waals surface area contributed by atoms with Crippen LogP contribution in [0, 0.1) is 0 Å². The zero-order valence-electron chi connectivity index (χ0n) is 4.36. The Morgan fingerprint density at radius 2 is 2.33 bits per heavy atom. The molecule has 0 bridgehead atoms. The van der Waals surface area contributed by atoms with Crippen molar-refractivity contribution in [2.75, 3.05) is 0 Å². The van der Waals surface area contributed by atoms with E-state index in [4.69, 9.17) is 0 Å². The Hall–Kier alpha value is -0.0431. The molecule has 0 spiro atoms. The molecule has 1 heteroatoms. The topological polar surface area (TPSA) is 0 Å². The minimum absolute atomic E-state index is 0.984. The third-order valence-electron chi connectivity index (χ3n) is 0.520. The van der Waals surface area contributed by atoms with E-state index in [1.54, 1.807) is 0 Å². The van der Waals surface area contributed by atoms with E-state index in [9.17, 15) is 0 Å². The van der Waals surface area contributed by atoms with Crippen molar-refractivity contribution in [3.8, 4) is 0 Å². The maximum atomic E-state index is 2.21. The summed E-state index contributed by atoms with van der Waals surface area (Å²) in [4.78, 5) is 0. The summed E-state index contributed by atoms with van der Waals surface area (Å²) in [6, 6.07) is 0. The lowest BCUT2D eigenvalue weighted by Gasteiger charge is -1.71. The summed E-state index contributed by atoms with van der Waals surface area (Å²) in [7, 11) is 0.984. The molecule has 0 aliphatic rings. The maximum Gasteiger partial charge on any atom is 0.0664 e. The monoisotopic (exact) mass is 98.1 g/mol. The van der Waals surface area contributed by atoms with Crippen molar-refractivity contribution >= 4 is 9.52 Å². The number of allylic oxidation sites excluding steroid dienone is 1. The van der Waals surface area contributed by atoms with Crippen molar-refractivity contribution in [2.24, 2.45) is 0 Å². The molecule has 6 heavy (non-hydrogen) atoms. The van der Waals surface area contributed by atoms with Crippen LogP contribution in [0.4, 0.5) is 0 Å². The Morgan fingerprint density at radius 1 is 1.67 bits per heavy atom. The van der Waals surface area contributed by atoms with Crippen LogP contribution in [0.1, 0.15) is 13.3 Å². The first kappa shape index (κ1) is 5.96. The molecule has 0 aromatic carbocycles. The predicted octanol–water partition coefficient (Wildman–Crippen LogP) is 1.66. The van der Waals surface area contributed by atoms with Crippen LogP contribution in [-0.4, -0.2) is 9.52 Å². The average Bonchev–Trinajstić information content (AvgIpc) is 1.61. The van der Waals surface area contributed by atoms with Crippen molar-refractivity contribution in [3.63, 3.8) is 0 Å². The zero-order chi connectivity index (χ0) is 4.83. The molecule has 0 fully saturated rings. The van der Waals surface area contributed by atoms with Gasteiger partial charge in [-0.15, -0.1) is 5.70 Å². The van der Waals surface area contributed by atoms with Crippen molar-refractivity contribution < 1.29 is 0 Å². The molecule has 0 aromatic heterocycles. The quantitative estimate of drug-likeness (QED) is 0.461. The van der Waals surface area contributed by atoms with Gasteiger partial charge in [-0.2, -0.15) is 0 Å². The standard InChI is InChI=1S/C5H10Si/c1-3-4-5-6-2/h4-5H,3H2,1-2H3/b5-4+. The second-order valence-electron chi connectivity index (χ2n) is 1.10. The highest BCUT2D eigenvalue weighted by Crippen LogP contribution is 1.74. The molecule has 0 aromatic rings. The van der Waals surface area contributed by atoms with E-state index < -0.39 is 0 Å². The molecule has 2 radical (unpaired) electrons. The molecule has 0 aliphatic heterocycles. The van der Waals surface area contributed by atoms with Crippen LogP contribution >= 0.6 is 0 Å². The fraction of sp³-hybridized carbons (Fsp3) is 0.600. The third kappa shape index (κ3) is 3.96. The van der Waals surface area contributed by atoms with Gasteiger partial charge >= 0.3 is 0 Å². The lowest BCUT2D eigenvalue weighted by molar-refractivity contribution is 1.23. The minimum atomic E-state index is 0.984. The highest BCUT2D eigenvalue weighted by Gasteiger charge is 1.61. The summed E-state index contributed by atoms with van der Waals surface area (Å²) in [6.07, 6.45) is 3.37. The van der Waals surface area contributed by atoms with E-state index in [1.165, 1.54) is 6.42 Å². The highest BCUT2D eigenvalue weighted by atomic mass is 28.2. The van der Waals surface area contributed by atoms with Gasteiger partial charge in [0.05, 0.1) is 9.52 Å². The summed E-state index contributed by atoms with van der Waals surface area (Å²) in [5.74, 6) is 0. The van der Waals surface area contributed by atoms with Gasteiger partial charge in [0, 0.05) is 0 Å². The van der Waals surface area contributed by atoms with E-state index in [1.807, 2.05) is 0 Å². The van der Waals surface area contributed by atoms with Gasteiger partial charge in [0.2, 0.25) is 0 Å². The maximum absolute atomic E-state index is 2.21. The van der Waals surface area contributed by atoms with Gasteiger partial charge in [0.15, 0.2) is 0 Å². The average molecular weight is 98.2 g/mol. The molecule has 0 saturated carbocycles. The van der Waals surface area contributed by atoms with Crippen molar-refractivity contribution in [1.29, 1.82) is 0 Å². The van der Waals surface area contributed by atoms with Crippen LogP contribution in [0.3, 0.4) is 0 Å². The minimum Gasteiger partial charge on any atom is -0.103 e. The first-order chi connectivity index (χ1) is 2.91. The van der Waals surface area contributed by atoms with E-state index in [0.29, 0.717) is 0 Å². The smallest absolute Gasteiger partial charge is 0.0664 e. The SMILES string of the molecule is CC/C=C/[Si]C. The van der Waals surface area contributed by atoms with E-state index in [2.05, 4.69) is 25.2 Å². The second kappa shape index (κ2) is 4.96. The van der Waals surface area contributed by atoms with Crippen LogP contribution < -0.4 is 0 Å². The van der Waals surface area contributed by atoms with Gasteiger partial charge in [0.25, 0.3) is 0 Å². The molecule has 0 nitrogen and oxygen atoms in total. The zero-order valence-corrected chi connectivity index (χ0v) is 5.36. The molecule has 34 valence electrons. The second-order valence-corrected chi connectivity index (χ2v) is 2.01.